The lowest BCUT2D eigenvalue weighted by molar-refractivity contribution is 0.301. The molecule has 0 radical (unpaired) electrons. The first-order valence-corrected chi connectivity index (χ1v) is 7.13. The van der Waals surface area contributed by atoms with Gasteiger partial charge in [-0.25, -0.2) is 0 Å². The van der Waals surface area contributed by atoms with Crippen molar-refractivity contribution in [2.75, 3.05) is 20.1 Å². The molecule has 2 rings (SSSR count). The fourth-order valence-corrected chi connectivity index (χ4v) is 2.51. The zero-order valence-corrected chi connectivity index (χ0v) is 12.0. The van der Waals surface area contributed by atoms with Crippen LogP contribution in [0.15, 0.2) is 24.3 Å². The van der Waals surface area contributed by atoms with Crippen LogP contribution >= 0.6 is 11.6 Å². The minimum atomic E-state index is 0.112. The molecule has 0 bridgehead atoms. The van der Waals surface area contributed by atoms with Gasteiger partial charge in [0.05, 0.1) is 0 Å². The molecule has 3 heteroatoms. The van der Waals surface area contributed by atoms with Crippen LogP contribution in [0.5, 0.6) is 0 Å². The number of nitrogens with zero attached hydrogens (tertiary/aromatic N) is 1. The van der Waals surface area contributed by atoms with Crippen LogP contribution in [0.4, 0.5) is 0 Å². The van der Waals surface area contributed by atoms with Gasteiger partial charge >= 0.3 is 0 Å². The molecule has 3 atom stereocenters. The number of hydrogen-bond acceptors (Lipinski definition) is 2. The molecule has 3 unspecified atom stereocenters. The van der Waals surface area contributed by atoms with Gasteiger partial charge in [0.2, 0.25) is 0 Å². The third-order valence-corrected chi connectivity index (χ3v) is 4.19. The first-order chi connectivity index (χ1) is 8.56. The second-order valence-corrected chi connectivity index (χ2v) is 6.12. The number of benzene rings is 1. The lowest BCUT2D eigenvalue weighted by Gasteiger charge is -2.19. The van der Waals surface area contributed by atoms with E-state index in [1.165, 1.54) is 18.5 Å². The van der Waals surface area contributed by atoms with E-state index in [1.807, 2.05) is 24.3 Å². The van der Waals surface area contributed by atoms with Crippen molar-refractivity contribution < 1.29 is 0 Å². The molecule has 100 valence electrons. The van der Waals surface area contributed by atoms with Gasteiger partial charge in [-0.1, -0.05) is 30.7 Å². The molecule has 0 aliphatic heterocycles. The van der Waals surface area contributed by atoms with Gasteiger partial charge in [-0.15, -0.1) is 0 Å². The van der Waals surface area contributed by atoms with Crippen molar-refractivity contribution >= 4 is 11.6 Å². The molecular weight excluding hydrogens is 244 g/mol. The second-order valence-electron chi connectivity index (χ2n) is 5.68. The topological polar surface area (TPSA) is 29.3 Å². The predicted molar refractivity (Wildman–Crippen MR) is 77.8 cm³/mol. The summed E-state index contributed by atoms with van der Waals surface area (Å²) >= 11 is 5.87. The van der Waals surface area contributed by atoms with Crippen LogP contribution in [0.25, 0.3) is 0 Å². The Morgan fingerprint density at radius 3 is 2.56 bits per heavy atom. The zero-order chi connectivity index (χ0) is 13.1. The Morgan fingerprint density at radius 2 is 2.00 bits per heavy atom. The van der Waals surface area contributed by atoms with Crippen molar-refractivity contribution in [3.8, 4) is 0 Å². The number of halogens is 1. The minimum absolute atomic E-state index is 0.112. The van der Waals surface area contributed by atoms with Crippen molar-refractivity contribution in [1.82, 2.24) is 4.90 Å². The summed E-state index contributed by atoms with van der Waals surface area (Å²) in [5.74, 6) is 1.85. The third kappa shape index (κ3) is 3.98. The standard InChI is InChI=1S/C15H23ClN2/c1-11-9-13(11)10-18(2)8-7-15(17)12-3-5-14(16)6-4-12/h3-6,11,13,15H,7-10,17H2,1-2H3. The van der Waals surface area contributed by atoms with Gasteiger partial charge in [0.25, 0.3) is 0 Å². The molecule has 1 aromatic rings. The monoisotopic (exact) mass is 266 g/mol. The average Bonchev–Trinajstić information content (AvgIpc) is 3.02. The molecule has 0 aromatic heterocycles. The molecule has 2 nitrogen and oxygen atoms in total. The molecule has 1 aliphatic carbocycles. The van der Waals surface area contributed by atoms with Gasteiger partial charge in [0.15, 0.2) is 0 Å². The minimum Gasteiger partial charge on any atom is -0.324 e. The van der Waals surface area contributed by atoms with E-state index in [4.69, 9.17) is 17.3 Å². The first kappa shape index (κ1) is 13.9. The van der Waals surface area contributed by atoms with Crippen molar-refractivity contribution in [1.29, 1.82) is 0 Å². The molecule has 18 heavy (non-hydrogen) atoms. The van der Waals surface area contributed by atoms with Crippen molar-refractivity contribution in [2.24, 2.45) is 17.6 Å². The van der Waals surface area contributed by atoms with Gasteiger partial charge in [-0.2, -0.15) is 0 Å². The van der Waals surface area contributed by atoms with Crippen LogP contribution in [0.3, 0.4) is 0 Å². The molecule has 0 saturated heterocycles. The maximum atomic E-state index is 6.20. The molecular formula is C15H23ClN2. The van der Waals surface area contributed by atoms with Crippen LogP contribution in [0.2, 0.25) is 5.02 Å². The van der Waals surface area contributed by atoms with E-state index in [2.05, 4.69) is 18.9 Å². The summed E-state index contributed by atoms with van der Waals surface area (Å²) in [7, 11) is 2.19. The van der Waals surface area contributed by atoms with Crippen LogP contribution in [-0.2, 0) is 0 Å². The van der Waals surface area contributed by atoms with E-state index in [0.29, 0.717) is 0 Å². The SMILES string of the molecule is CC1CC1CN(C)CCC(N)c1ccc(Cl)cc1. The summed E-state index contributed by atoms with van der Waals surface area (Å²) in [6.45, 7) is 4.61. The fraction of sp³-hybridized carbons (Fsp3) is 0.600. The highest BCUT2D eigenvalue weighted by Gasteiger charge is 2.32. The van der Waals surface area contributed by atoms with Gasteiger partial charge < -0.3 is 10.6 Å². The molecule has 2 N–H and O–H groups in total. The molecule has 0 heterocycles. The van der Waals surface area contributed by atoms with Crippen LogP contribution in [0, 0.1) is 11.8 Å². The van der Waals surface area contributed by atoms with Gasteiger partial charge in [-0.05, 0) is 56.0 Å². The fourth-order valence-electron chi connectivity index (χ4n) is 2.38. The molecule has 1 aliphatic rings. The number of hydrogen-bond donors (Lipinski definition) is 1. The van der Waals surface area contributed by atoms with E-state index in [1.54, 1.807) is 0 Å². The van der Waals surface area contributed by atoms with Gasteiger partial charge in [0.1, 0.15) is 0 Å². The Hall–Kier alpha value is -0.570. The highest BCUT2D eigenvalue weighted by Crippen LogP contribution is 2.38. The molecule has 1 saturated carbocycles. The van der Waals surface area contributed by atoms with E-state index >= 15 is 0 Å². The maximum Gasteiger partial charge on any atom is 0.0406 e. The van der Waals surface area contributed by atoms with E-state index in [9.17, 15) is 0 Å². The smallest absolute Gasteiger partial charge is 0.0406 e. The maximum absolute atomic E-state index is 6.20. The summed E-state index contributed by atoms with van der Waals surface area (Å²) in [6, 6.07) is 7.98. The van der Waals surface area contributed by atoms with Crippen molar-refractivity contribution in [2.45, 2.75) is 25.8 Å². The summed E-state index contributed by atoms with van der Waals surface area (Å²) < 4.78 is 0. The lowest BCUT2D eigenvalue weighted by atomic mass is 10.0. The van der Waals surface area contributed by atoms with Crippen LogP contribution in [0.1, 0.15) is 31.4 Å². The normalized spacial score (nSPS) is 24.3. The molecule has 0 spiro atoms. The third-order valence-electron chi connectivity index (χ3n) is 3.94. The summed E-state index contributed by atoms with van der Waals surface area (Å²) in [4.78, 5) is 2.41. The van der Waals surface area contributed by atoms with Crippen LogP contribution in [-0.4, -0.2) is 25.0 Å². The van der Waals surface area contributed by atoms with E-state index in [-0.39, 0.29) is 6.04 Å². The quantitative estimate of drug-likeness (QED) is 0.856. The highest BCUT2D eigenvalue weighted by atomic mass is 35.5. The summed E-state index contributed by atoms with van der Waals surface area (Å²) in [5.41, 5.74) is 7.37. The van der Waals surface area contributed by atoms with E-state index < -0.39 is 0 Å². The summed E-state index contributed by atoms with van der Waals surface area (Å²) in [6.07, 6.45) is 2.40. The Kier molecular flexibility index (Phi) is 4.66. The largest absolute Gasteiger partial charge is 0.324 e. The van der Waals surface area contributed by atoms with Gasteiger partial charge in [0, 0.05) is 17.6 Å². The predicted octanol–water partition coefficient (Wildman–Crippen LogP) is 3.32. The Bertz CT molecular complexity index is 377. The van der Waals surface area contributed by atoms with Crippen molar-refractivity contribution in [3.63, 3.8) is 0 Å². The van der Waals surface area contributed by atoms with E-state index in [0.717, 1.165) is 29.8 Å². The van der Waals surface area contributed by atoms with Crippen molar-refractivity contribution in [3.05, 3.63) is 34.9 Å². The zero-order valence-electron chi connectivity index (χ0n) is 11.3. The lowest BCUT2D eigenvalue weighted by Crippen LogP contribution is -2.25. The molecule has 1 fully saturated rings. The average molecular weight is 267 g/mol. The first-order valence-electron chi connectivity index (χ1n) is 6.76. The summed E-state index contributed by atoms with van der Waals surface area (Å²) in [5, 5.41) is 0.769. The number of nitrogens with two attached hydrogens (primary N) is 1. The Balaban J connectivity index is 1.73. The van der Waals surface area contributed by atoms with Gasteiger partial charge in [-0.3, -0.25) is 0 Å². The Labute approximate surface area is 115 Å². The van der Waals surface area contributed by atoms with Crippen LogP contribution < -0.4 is 5.73 Å². The molecule has 0 amide bonds. The highest BCUT2D eigenvalue weighted by molar-refractivity contribution is 6.30. The number of rotatable bonds is 6. The molecule has 1 aromatic carbocycles. The second kappa shape index (κ2) is 6.05. The Morgan fingerprint density at radius 1 is 1.39 bits per heavy atom.